The Morgan fingerprint density at radius 1 is 1.48 bits per heavy atom. The van der Waals surface area contributed by atoms with E-state index in [1.54, 1.807) is 18.1 Å². The smallest absolute Gasteiger partial charge is 0.272 e. The van der Waals surface area contributed by atoms with Crippen molar-refractivity contribution in [1.29, 1.82) is 0 Å². The Hall–Kier alpha value is -2.14. The lowest BCUT2D eigenvalue weighted by Gasteiger charge is -2.16. The number of fused-ring (bicyclic) bond motifs is 1. The number of aromatic nitrogens is 1. The normalized spacial score (nSPS) is 18.2. The average molecular weight is 286 g/mol. The highest BCUT2D eigenvalue weighted by Crippen LogP contribution is 2.25. The van der Waals surface area contributed by atoms with Gasteiger partial charge in [0.15, 0.2) is 0 Å². The zero-order chi connectivity index (χ0) is 14.8. The molecule has 3 rings (SSSR count). The van der Waals surface area contributed by atoms with Gasteiger partial charge in [0.1, 0.15) is 5.69 Å². The van der Waals surface area contributed by atoms with Crippen LogP contribution in [0.15, 0.2) is 30.3 Å². The first-order chi connectivity index (χ1) is 10.2. The number of carbonyl (C=O) groups is 1. The van der Waals surface area contributed by atoms with Gasteiger partial charge in [-0.25, -0.2) is 4.98 Å². The van der Waals surface area contributed by atoms with E-state index in [1.807, 2.05) is 24.3 Å². The molecule has 110 valence electrons. The van der Waals surface area contributed by atoms with Crippen LogP contribution in [0.4, 0.5) is 0 Å². The number of ether oxygens (including phenoxy) is 1. The number of hydrogen-bond donors (Lipinski definition) is 1. The molecule has 1 amide bonds. The van der Waals surface area contributed by atoms with E-state index in [0.29, 0.717) is 24.7 Å². The highest BCUT2D eigenvalue weighted by molar-refractivity contribution is 5.98. The van der Waals surface area contributed by atoms with Crippen LogP contribution in [-0.2, 0) is 0 Å². The predicted molar refractivity (Wildman–Crippen MR) is 79.4 cm³/mol. The van der Waals surface area contributed by atoms with Crippen molar-refractivity contribution in [2.45, 2.75) is 6.42 Å². The molecular formula is C16H18N2O3. The molecule has 1 atom stereocenters. The molecule has 5 nitrogen and oxygen atoms in total. The van der Waals surface area contributed by atoms with Gasteiger partial charge in [0.25, 0.3) is 5.91 Å². The van der Waals surface area contributed by atoms with E-state index in [2.05, 4.69) is 4.98 Å². The van der Waals surface area contributed by atoms with E-state index in [-0.39, 0.29) is 18.4 Å². The van der Waals surface area contributed by atoms with Crippen LogP contribution in [0.5, 0.6) is 5.88 Å². The summed E-state index contributed by atoms with van der Waals surface area (Å²) in [5.41, 5.74) is 0.393. The molecule has 0 aliphatic carbocycles. The van der Waals surface area contributed by atoms with Gasteiger partial charge in [-0.15, -0.1) is 0 Å². The van der Waals surface area contributed by atoms with Crippen molar-refractivity contribution in [2.75, 3.05) is 26.8 Å². The third kappa shape index (κ3) is 2.56. The summed E-state index contributed by atoms with van der Waals surface area (Å²) in [7, 11) is 1.56. The summed E-state index contributed by atoms with van der Waals surface area (Å²) in [5, 5.41) is 11.0. The molecule has 1 fully saturated rings. The Morgan fingerprint density at radius 2 is 2.29 bits per heavy atom. The lowest BCUT2D eigenvalue weighted by atomic mass is 10.1. The Labute approximate surface area is 123 Å². The molecule has 2 heterocycles. The second-order valence-electron chi connectivity index (χ2n) is 5.33. The highest BCUT2D eigenvalue weighted by Gasteiger charge is 2.27. The van der Waals surface area contributed by atoms with Crippen LogP contribution in [0.25, 0.3) is 10.8 Å². The maximum Gasteiger partial charge on any atom is 0.272 e. The Balaban J connectivity index is 1.95. The van der Waals surface area contributed by atoms with Crippen LogP contribution in [0, 0.1) is 5.92 Å². The number of nitrogens with zero attached hydrogens (tertiary/aromatic N) is 2. The molecule has 0 bridgehead atoms. The van der Waals surface area contributed by atoms with Gasteiger partial charge in [0.05, 0.1) is 7.11 Å². The quantitative estimate of drug-likeness (QED) is 0.933. The number of rotatable bonds is 3. The molecule has 1 N–H and O–H groups in total. The van der Waals surface area contributed by atoms with Gasteiger partial charge in [0.2, 0.25) is 5.88 Å². The van der Waals surface area contributed by atoms with Gasteiger partial charge < -0.3 is 14.7 Å². The maximum atomic E-state index is 12.5. The van der Waals surface area contributed by atoms with E-state index >= 15 is 0 Å². The summed E-state index contributed by atoms with van der Waals surface area (Å²) in [4.78, 5) is 18.6. The third-order valence-electron chi connectivity index (χ3n) is 3.95. The van der Waals surface area contributed by atoms with Crippen molar-refractivity contribution in [3.8, 4) is 5.88 Å². The van der Waals surface area contributed by atoms with Gasteiger partial charge in [-0.2, -0.15) is 0 Å². The largest absolute Gasteiger partial charge is 0.481 e. The summed E-state index contributed by atoms with van der Waals surface area (Å²) in [6, 6.07) is 9.50. The van der Waals surface area contributed by atoms with Gasteiger partial charge in [-0.3, -0.25) is 4.79 Å². The minimum Gasteiger partial charge on any atom is -0.481 e. The van der Waals surface area contributed by atoms with Crippen LogP contribution < -0.4 is 4.74 Å². The van der Waals surface area contributed by atoms with E-state index < -0.39 is 0 Å². The molecular weight excluding hydrogens is 268 g/mol. The Morgan fingerprint density at radius 3 is 3.00 bits per heavy atom. The van der Waals surface area contributed by atoms with E-state index in [9.17, 15) is 9.90 Å². The van der Waals surface area contributed by atoms with Crippen molar-refractivity contribution in [2.24, 2.45) is 5.92 Å². The summed E-state index contributed by atoms with van der Waals surface area (Å²) in [6.07, 6.45) is 0.840. The lowest BCUT2D eigenvalue weighted by molar-refractivity contribution is 0.0775. The molecule has 2 aromatic rings. The number of hydrogen-bond acceptors (Lipinski definition) is 4. The van der Waals surface area contributed by atoms with E-state index in [4.69, 9.17) is 4.74 Å². The maximum absolute atomic E-state index is 12.5. The van der Waals surface area contributed by atoms with Gasteiger partial charge in [0, 0.05) is 31.0 Å². The van der Waals surface area contributed by atoms with Crippen LogP contribution in [0.3, 0.4) is 0 Å². The Kier molecular flexibility index (Phi) is 3.75. The second kappa shape index (κ2) is 5.69. The fourth-order valence-corrected chi connectivity index (χ4v) is 2.76. The first-order valence-corrected chi connectivity index (χ1v) is 7.07. The SMILES string of the molecule is COc1nc(C(=O)N2CCC(CO)C2)cc2ccccc12. The molecule has 21 heavy (non-hydrogen) atoms. The summed E-state index contributed by atoms with van der Waals surface area (Å²) in [6.45, 7) is 1.38. The Bertz CT molecular complexity index is 672. The molecule has 0 radical (unpaired) electrons. The molecule has 1 aliphatic heterocycles. The minimum absolute atomic E-state index is 0.102. The van der Waals surface area contributed by atoms with Crippen molar-refractivity contribution >= 4 is 16.7 Å². The predicted octanol–water partition coefficient (Wildman–Crippen LogP) is 1.70. The number of likely N-dealkylation sites (tertiary alicyclic amines) is 1. The summed E-state index contributed by atoms with van der Waals surface area (Å²) >= 11 is 0. The van der Waals surface area contributed by atoms with Gasteiger partial charge in [-0.05, 0) is 23.9 Å². The number of carbonyl (C=O) groups excluding carboxylic acids is 1. The molecule has 1 saturated heterocycles. The highest BCUT2D eigenvalue weighted by atomic mass is 16.5. The van der Waals surface area contributed by atoms with Crippen molar-refractivity contribution in [3.05, 3.63) is 36.0 Å². The first-order valence-electron chi connectivity index (χ1n) is 7.07. The number of aliphatic hydroxyl groups excluding tert-OH is 1. The molecule has 0 spiro atoms. The molecule has 1 aromatic heterocycles. The van der Waals surface area contributed by atoms with E-state index in [0.717, 1.165) is 17.2 Å². The third-order valence-corrected chi connectivity index (χ3v) is 3.95. The number of amides is 1. The number of methoxy groups -OCH3 is 1. The number of pyridine rings is 1. The monoisotopic (exact) mass is 286 g/mol. The lowest BCUT2D eigenvalue weighted by Crippen LogP contribution is -2.29. The fraction of sp³-hybridized carbons (Fsp3) is 0.375. The van der Waals surface area contributed by atoms with Crippen LogP contribution in [-0.4, -0.2) is 47.7 Å². The summed E-state index contributed by atoms with van der Waals surface area (Å²) < 4.78 is 5.30. The van der Waals surface area contributed by atoms with Crippen molar-refractivity contribution in [1.82, 2.24) is 9.88 Å². The number of benzene rings is 1. The van der Waals surface area contributed by atoms with Gasteiger partial charge >= 0.3 is 0 Å². The van der Waals surface area contributed by atoms with Crippen molar-refractivity contribution < 1.29 is 14.6 Å². The molecule has 0 saturated carbocycles. The number of aliphatic hydroxyl groups is 1. The summed E-state index contributed by atoms with van der Waals surface area (Å²) in [5.74, 6) is 0.542. The van der Waals surface area contributed by atoms with Gasteiger partial charge in [-0.1, -0.05) is 18.2 Å². The topological polar surface area (TPSA) is 62.7 Å². The first kappa shape index (κ1) is 13.8. The van der Waals surface area contributed by atoms with Crippen LogP contribution in [0.2, 0.25) is 0 Å². The van der Waals surface area contributed by atoms with Crippen LogP contribution in [0.1, 0.15) is 16.9 Å². The minimum atomic E-state index is -0.102. The second-order valence-corrected chi connectivity index (χ2v) is 5.33. The van der Waals surface area contributed by atoms with Crippen molar-refractivity contribution in [3.63, 3.8) is 0 Å². The molecule has 1 aliphatic rings. The molecule has 1 aromatic carbocycles. The zero-order valence-corrected chi connectivity index (χ0v) is 12.0. The standard InChI is InChI=1S/C16H18N2O3/c1-21-15-13-5-3-2-4-12(13)8-14(17-15)16(20)18-7-6-11(9-18)10-19/h2-5,8,11,19H,6-7,9-10H2,1H3. The molecule has 1 unspecified atom stereocenters. The fourth-order valence-electron chi connectivity index (χ4n) is 2.76. The van der Waals surface area contributed by atoms with E-state index in [1.165, 1.54) is 0 Å². The zero-order valence-electron chi connectivity index (χ0n) is 12.0. The van der Waals surface area contributed by atoms with Crippen LogP contribution >= 0.6 is 0 Å². The molecule has 5 heteroatoms. The average Bonchev–Trinajstić information content (AvgIpc) is 3.02.